The SMILES string of the molecule is CC(C)NC(CSc1cnn(C)c1)(C(=O)O)C1CC1. The van der Waals surface area contributed by atoms with Gasteiger partial charge in [-0.05, 0) is 32.6 Å². The number of hydrogen-bond donors (Lipinski definition) is 2. The first kappa shape index (κ1) is 14.4. The number of aromatic nitrogens is 2. The topological polar surface area (TPSA) is 67.2 Å². The minimum atomic E-state index is -0.811. The lowest BCUT2D eigenvalue weighted by Crippen LogP contribution is -2.58. The highest BCUT2D eigenvalue weighted by atomic mass is 32.2. The van der Waals surface area contributed by atoms with Crippen LogP contribution in [0.1, 0.15) is 26.7 Å². The first-order valence-corrected chi connectivity index (χ1v) is 7.55. The van der Waals surface area contributed by atoms with Crippen LogP contribution >= 0.6 is 11.8 Å². The Balaban J connectivity index is 2.10. The van der Waals surface area contributed by atoms with Gasteiger partial charge in [-0.3, -0.25) is 14.8 Å². The Kier molecular flexibility index (Phi) is 4.20. The maximum atomic E-state index is 11.8. The van der Waals surface area contributed by atoms with Crippen LogP contribution in [-0.2, 0) is 11.8 Å². The van der Waals surface area contributed by atoms with Crippen LogP contribution in [0.25, 0.3) is 0 Å². The molecule has 106 valence electrons. The Labute approximate surface area is 117 Å². The Bertz CT molecular complexity index is 456. The molecule has 5 nitrogen and oxygen atoms in total. The van der Waals surface area contributed by atoms with E-state index in [1.54, 1.807) is 22.6 Å². The predicted molar refractivity (Wildman–Crippen MR) is 75.3 cm³/mol. The molecule has 1 fully saturated rings. The van der Waals surface area contributed by atoms with Gasteiger partial charge in [-0.15, -0.1) is 11.8 Å². The molecule has 0 amide bonds. The van der Waals surface area contributed by atoms with Crippen LogP contribution in [0.2, 0.25) is 0 Å². The zero-order valence-electron chi connectivity index (χ0n) is 11.6. The van der Waals surface area contributed by atoms with E-state index in [-0.39, 0.29) is 12.0 Å². The predicted octanol–water partition coefficient (Wildman–Crippen LogP) is 1.74. The van der Waals surface area contributed by atoms with Crippen molar-refractivity contribution in [2.24, 2.45) is 13.0 Å². The lowest BCUT2D eigenvalue weighted by molar-refractivity contribution is -0.145. The number of nitrogens with one attached hydrogen (secondary N) is 1. The van der Waals surface area contributed by atoms with E-state index in [2.05, 4.69) is 10.4 Å². The summed E-state index contributed by atoms with van der Waals surface area (Å²) < 4.78 is 1.73. The highest BCUT2D eigenvalue weighted by Gasteiger charge is 2.51. The van der Waals surface area contributed by atoms with Gasteiger partial charge in [0.15, 0.2) is 0 Å². The third kappa shape index (κ3) is 3.30. The second-order valence-electron chi connectivity index (χ2n) is 5.49. The van der Waals surface area contributed by atoms with E-state index in [0.717, 1.165) is 17.7 Å². The summed E-state index contributed by atoms with van der Waals surface area (Å²) in [5.74, 6) is 0.0494. The molecule has 1 aromatic rings. The number of aliphatic carboxylic acids is 1. The molecule has 1 unspecified atom stereocenters. The third-order valence-corrected chi connectivity index (χ3v) is 4.49. The quantitative estimate of drug-likeness (QED) is 0.746. The maximum absolute atomic E-state index is 11.8. The molecule has 0 saturated heterocycles. The van der Waals surface area contributed by atoms with E-state index in [1.807, 2.05) is 27.1 Å². The zero-order valence-corrected chi connectivity index (χ0v) is 12.4. The summed E-state index contributed by atoms with van der Waals surface area (Å²) in [6.07, 6.45) is 5.69. The van der Waals surface area contributed by atoms with Gasteiger partial charge in [0.05, 0.1) is 6.20 Å². The van der Waals surface area contributed by atoms with Crippen molar-refractivity contribution < 1.29 is 9.90 Å². The summed E-state index contributed by atoms with van der Waals surface area (Å²) in [6, 6.07) is 0.159. The van der Waals surface area contributed by atoms with Crippen molar-refractivity contribution in [1.82, 2.24) is 15.1 Å². The highest BCUT2D eigenvalue weighted by molar-refractivity contribution is 7.99. The summed E-state index contributed by atoms with van der Waals surface area (Å²) in [5, 5.41) is 17.1. The van der Waals surface area contributed by atoms with Crippen LogP contribution in [0.4, 0.5) is 0 Å². The van der Waals surface area contributed by atoms with Gasteiger partial charge in [0.1, 0.15) is 5.54 Å². The Morgan fingerprint density at radius 3 is 2.79 bits per heavy atom. The highest BCUT2D eigenvalue weighted by Crippen LogP contribution is 2.42. The van der Waals surface area contributed by atoms with Gasteiger partial charge in [0, 0.05) is 29.9 Å². The Morgan fingerprint density at radius 2 is 2.37 bits per heavy atom. The normalized spacial score (nSPS) is 18.5. The maximum Gasteiger partial charge on any atom is 0.325 e. The van der Waals surface area contributed by atoms with Gasteiger partial charge in [-0.1, -0.05) is 0 Å². The van der Waals surface area contributed by atoms with Crippen molar-refractivity contribution in [3.63, 3.8) is 0 Å². The fraction of sp³-hybridized carbons (Fsp3) is 0.692. The first-order chi connectivity index (χ1) is 8.94. The average Bonchev–Trinajstić information content (AvgIpc) is 3.08. The molecular weight excluding hydrogens is 262 g/mol. The fourth-order valence-electron chi connectivity index (χ4n) is 2.34. The van der Waals surface area contributed by atoms with Crippen molar-refractivity contribution in [3.8, 4) is 0 Å². The van der Waals surface area contributed by atoms with E-state index in [1.165, 1.54) is 0 Å². The first-order valence-electron chi connectivity index (χ1n) is 6.56. The molecule has 0 aromatic carbocycles. The molecule has 1 aliphatic rings. The number of aryl methyl sites for hydroxylation is 1. The molecule has 19 heavy (non-hydrogen) atoms. The van der Waals surface area contributed by atoms with E-state index in [4.69, 9.17) is 0 Å². The Morgan fingerprint density at radius 1 is 1.68 bits per heavy atom. The number of thioether (sulfide) groups is 1. The van der Waals surface area contributed by atoms with E-state index in [0.29, 0.717) is 5.75 Å². The Hall–Kier alpha value is -1.01. The van der Waals surface area contributed by atoms with Gasteiger partial charge in [0.25, 0.3) is 0 Å². The van der Waals surface area contributed by atoms with Crippen LogP contribution in [0.15, 0.2) is 17.3 Å². The van der Waals surface area contributed by atoms with Crippen molar-refractivity contribution in [2.45, 2.75) is 43.2 Å². The van der Waals surface area contributed by atoms with E-state index >= 15 is 0 Å². The van der Waals surface area contributed by atoms with E-state index < -0.39 is 11.5 Å². The largest absolute Gasteiger partial charge is 0.480 e. The number of carbonyl (C=O) groups is 1. The molecule has 0 bridgehead atoms. The molecule has 1 saturated carbocycles. The zero-order chi connectivity index (χ0) is 14.0. The van der Waals surface area contributed by atoms with Gasteiger partial charge in [-0.25, -0.2) is 0 Å². The van der Waals surface area contributed by atoms with Crippen molar-refractivity contribution in [1.29, 1.82) is 0 Å². The summed E-state index contributed by atoms with van der Waals surface area (Å²) in [6.45, 7) is 3.99. The summed E-state index contributed by atoms with van der Waals surface area (Å²) >= 11 is 1.56. The lowest BCUT2D eigenvalue weighted by Gasteiger charge is -2.32. The second-order valence-corrected chi connectivity index (χ2v) is 6.54. The van der Waals surface area contributed by atoms with E-state index in [9.17, 15) is 9.90 Å². The number of hydrogen-bond acceptors (Lipinski definition) is 4. The van der Waals surface area contributed by atoms with Crippen LogP contribution in [-0.4, -0.2) is 38.2 Å². The molecule has 1 atom stereocenters. The molecule has 0 spiro atoms. The molecule has 1 aliphatic carbocycles. The lowest BCUT2D eigenvalue weighted by atomic mass is 9.94. The minimum Gasteiger partial charge on any atom is -0.480 e. The second kappa shape index (κ2) is 5.54. The third-order valence-electron chi connectivity index (χ3n) is 3.35. The van der Waals surface area contributed by atoms with Gasteiger partial charge in [0.2, 0.25) is 0 Å². The van der Waals surface area contributed by atoms with Crippen LogP contribution in [0, 0.1) is 5.92 Å². The smallest absolute Gasteiger partial charge is 0.325 e. The van der Waals surface area contributed by atoms with Crippen molar-refractivity contribution in [3.05, 3.63) is 12.4 Å². The van der Waals surface area contributed by atoms with Crippen molar-refractivity contribution >= 4 is 17.7 Å². The molecule has 1 heterocycles. The molecule has 2 rings (SSSR count). The van der Waals surface area contributed by atoms with Crippen molar-refractivity contribution in [2.75, 3.05) is 5.75 Å². The summed E-state index contributed by atoms with van der Waals surface area (Å²) in [7, 11) is 1.86. The number of rotatable bonds is 7. The minimum absolute atomic E-state index is 0.159. The molecule has 0 aliphatic heterocycles. The number of nitrogens with zero attached hydrogens (tertiary/aromatic N) is 2. The van der Waals surface area contributed by atoms with Gasteiger partial charge >= 0.3 is 5.97 Å². The molecule has 1 aromatic heterocycles. The molecule has 2 N–H and O–H groups in total. The van der Waals surface area contributed by atoms with Gasteiger partial charge in [-0.2, -0.15) is 5.10 Å². The number of carboxylic acids is 1. The molecule has 6 heteroatoms. The standard InChI is InChI=1S/C13H21N3O2S/c1-9(2)15-13(12(17)18,10-4-5-10)8-19-11-6-14-16(3)7-11/h6-7,9-10,15H,4-5,8H2,1-3H3,(H,17,18). The molecular formula is C13H21N3O2S. The average molecular weight is 283 g/mol. The fourth-order valence-corrected chi connectivity index (χ4v) is 3.52. The molecule has 0 radical (unpaired) electrons. The number of carboxylic acid groups (broad SMARTS) is 1. The summed E-state index contributed by atoms with van der Waals surface area (Å²) in [4.78, 5) is 12.8. The van der Waals surface area contributed by atoms with Gasteiger partial charge < -0.3 is 5.11 Å². The van der Waals surface area contributed by atoms with Crippen LogP contribution in [0.3, 0.4) is 0 Å². The van der Waals surface area contributed by atoms with Crippen LogP contribution in [0.5, 0.6) is 0 Å². The van der Waals surface area contributed by atoms with Crippen LogP contribution < -0.4 is 5.32 Å². The summed E-state index contributed by atoms with van der Waals surface area (Å²) in [5.41, 5.74) is -0.811. The monoisotopic (exact) mass is 283 g/mol.